The van der Waals surface area contributed by atoms with Crippen LogP contribution in [0.1, 0.15) is 22.6 Å². The van der Waals surface area contributed by atoms with Crippen LogP contribution in [0.5, 0.6) is 11.5 Å². The van der Waals surface area contributed by atoms with Crippen molar-refractivity contribution >= 4 is 17.7 Å². The number of ether oxygens (including phenoxy) is 2. The fraction of sp³-hybridized carbons (Fsp3) is 0.412. The van der Waals surface area contributed by atoms with E-state index in [1.807, 2.05) is 32.0 Å². The van der Waals surface area contributed by atoms with E-state index in [4.69, 9.17) is 14.0 Å². The maximum Gasteiger partial charge on any atom is 0.230 e. The molecule has 1 heterocycles. The Morgan fingerprint density at radius 1 is 1.25 bits per heavy atom. The fourth-order valence-electron chi connectivity index (χ4n) is 2.20. The first-order valence-electron chi connectivity index (χ1n) is 7.52. The molecule has 0 aliphatic carbocycles. The molecule has 24 heavy (non-hydrogen) atoms. The number of carbonyl (C=O) groups is 1. The zero-order chi connectivity index (χ0) is 17.5. The van der Waals surface area contributed by atoms with Gasteiger partial charge in [-0.05, 0) is 31.5 Å². The molecule has 1 N–H and O–H groups in total. The van der Waals surface area contributed by atoms with Crippen molar-refractivity contribution in [2.75, 3.05) is 20.0 Å². The average Bonchev–Trinajstić information content (AvgIpc) is 2.91. The SMILES string of the molecule is COc1ccc(CNC(=O)CSCc2c(C)noc2C)cc1OC. The van der Waals surface area contributed by atoms with Gasteiger partial charge in [-0.15, -0.1) is 11.8 Å². The molecule has 0 saturated heterocycles. The van der Waals surface area contributed by atoms with Crippen LogP contribution in [0.15, 0.2) is 22.7 Å². The number of nitrogens with one attached hydrogen (secondary N) is 1. The van der Waals surface area contributed by atoms with E-state index in [-0.39, 0.29) is 5.91 Å². The number of aromatic nitrogens is 1. The molecule has 0 bridgehead atoms. The first kappa shape index (κ1) is 18.2. The summed E-state index contributed by atoms with van der Waals surface area (Å²) < 4.78 is 15.6. The standard InChI is InChI=1S/C17H22N2O4S/c1-11-14(12(2)23-19-11)9-24-10-17(20)18-8-13-5-6-15(21-3)16(7-13)22-4/h5-7H,8-10H2,1-4H3,(H,18,20). The average molecular weight is 350 g/mol. The number of hydrogen-bond acceptors (Lipinski definition) is 6. The molecule has 0 aliphatic rings. The summed E-state index contributed by atoms with van der Waals surface area (Å²) in [6, 6.07) is 5.58. The van der Waals surface area contributed by atoms with E-state index in [1.54, 1.807) is 14.2 Å². The van der Waals surface area contributed by atoms with E-state index >= 15 is 0 Å². The number of carbonyl (C=O) groups excluding carboxylic acids is 1. The lowest BCUT2D eigenvalue weighted by Gasteiger charge is -2.10. The molecule has 0 spiro atoms. The molecule has 6 nitrogen and oxygen atoms in total. The van der Waals surface area contributed by atoms with Gasteiger partial charge in [0.1, 0.15) is 5.76 Å². The molecule has 7 heteroatoms. The number of nitrogens with zero attached hydrogens (tertiary/aromatic N) is 1. The highest BCUT2D eigenvalue weighted by Gasteiger charge is 2.10. The van der Waals surface area contributed by atoms with Gasteiger partial charge in [0.05, 0.1) is 25.7 Å². The lowest BCUT2D eigenvalue weighted by atomic mass is 10.2. The molecule has 0 radical (unpaired) electrons. The third-order valence-electron chi connectivity index (χ3n) is 3.60. The van der Waals surface area contributed by atoms with Gasteiger partial charge in [0.25, 0.3) is 0 Å². The third kappa shape index (κ3) is 4.67. The smallest absolute Gasteiger partial charge is 0.230 e. The summed E-state index contributed by atoms with van der Waals surface area (Å²) in [5.41, 5.74) is 2.90. The second kappa shape index (κ2) is 8.63. The van der Waals surface area contributed by atoms with E-state index in [2.05, 4.69) is 10.5 Å². The Kier molecular flexibility index (Phi) is 6.54. The number of aryl methyl sites for hydroxylation is 2. The van der Waals surface area contributed by atoms with Crippen LogP contribution >= 0.6 is 11.8 Å². The summed E-state index contributed by atoms with van der Waals surface area (Å²) in [5, 5.41) is 6.81. The third-order valence-corrected chi connectivity index (χ3v) is 4.56. The predicted octanol–water partition coefficient (Wildman–Crippen LogP) is 2.86. The van der Waals surface area contributed by atoms with E-state index in [0.29, 0.717) is 29.5 Å². The summed E-state index contributed by atoms with van der Waals surface area (Å²) in [7, 11) is 3.18. The Bertz CT molecular complexity index is 680. The van der Waals surface area contributed by atoms with E-state index in [9.17, 15) is 4.79 Å². The first-order chi connectivity index (χ1) is 11.5. The van der Waals surface area contributed by atoms with Crippen molar-refractivity contribution < 1.29 is 18.8 Å². The Hall–Kier alpha value is -2.15. The van der Waals surface area contributed by atoms with E-state index < -0.39 is 0 Å². The zero-order valence-corrected chi connectivity index (χ0v) is 15.2. The fourth-order valence-corrected chi connectivity index (χ4v) is 3.20. The molecule has 1 aromatic carbocycles. The molecular formula is C17H22N2O4S. The highest BCUT2D eigenvalue weighted by atomic mass is 32.2. The van der Waals surface area contributed by atoms with E-state index in [0.717, 1.165) is 22.6 Å². The number of hydrogen-bond donors (Lipinski definition) is 1. The van der Waals surface area contributed by atoms with Crippen molar-refractivity contribution in [1.82, 2.24) is 10.5 Å². The van der Waals surface area contributed by atoms with Crippen molar-refractivity contribution in [3.63, 3.8) is 0 Å². The maximum absolute atomic E-state index is 12.0. The number of methoxy groups -OCH3 is 2. The van der Waals surface area contributed by atoms with Gasteiger partial charge in [-0.2, -0.15) is 0 Å². The van der Waals surface area contributed by atoms with Gasteiger partial charge in [-0.1, -0.05) is 11.2 Å². The van der Waals surface area contributed by atoms with Gasteiger partial charge in [-0.3, -0.25) is 4.79 Å². The van der Waals surface area contributed by atoms with Crippen LogP contribution in [0.3, 0.4) is 0 Å². The molecular weight excluding hydrogens is 328 g/mol. The monoisotopic (exact) mass is 350 g/mol. The van der Waals surface area contributed by atoms with Gasteiger partial charge in [-0.25, -0.2) is 0 Å². The maximum atomic E-state index is 12.0. The second-order valence-electron chi connectivity index (χ2n) is 5.26. The van der Waals surface area contributed by atoms with Gasteiger partial charge in [0, 0.05) is 17.9 Å². The number of rotatable bonds is 8. The van der Waals surface area contributed by atoms with Crippen LogP contribution < -0.4 is 14.8 Å². The van der Waals surface area contributed by atoms with Crippen molar-refractivity contribution in [1.29, 1.82) is 0 Å². The molecule has 0 unspecified atom stereocenters. The topological polar surface area (TPSA) is 73.6 Å². The summed E-state index contributed by atoms with van der Waals surface area (Å²) >= 11 is 1.54. The first-order valence-corrected chi connectivity index (χ1v) is 8.67. The molecule has 0 fully saturated rings. The highest BCUT2D eigenvalue weighted by Crippen LogP contribution is 2.27. The summed E-state index contributed by atoms with van der Waals surface area (Å²) in [6.07, 6.45) is 0. The van der Waals surface area contributed by atoms with Crippen LogP contribution in [0.25, 0.3) is 0 Å². The molecule has 130 valence electrons. The lowest BCUT2D eigenvalue weighted by Crippen LogP contribution is -2.24. The number of benzene rings is 1. The molecule has 0 saturated carbocycles. The van der Waals surface area contributed by atoms with Gasteiger partial charge >= 0.3 is 0 Å². The Morgan fingerprint density at radius 3 is 2.62 bits per heavy atom. The van der Waals surface area contributed by atoms with Gasteiger partial charge in [0.15, 0.2) is 11.5 Å². The second-order valence-corrected chi connectivity index (χ2v) is 6.25. The number of thioether (sulfide) groups is 1. The van der Waals surface area contributed by atoms with Crippen molar-refractivity contribution in [3.8, 4) is 11.5 Å². The van der Waals surface area contributed by atoms with Crippen LogP contribution in [0.2, 0.25) is 0 Å². The Labute approximate surface area is 145 Å². The summed E-state index contributed by atoms with van der Waals surface area (Å²) in [4.78, 5) is 12.0. The Balaban J connectivity index is 1.79. The summed E-state index contributed by atoms with van der Waals surface area (Å²) in [5.74, 6) is 3.22. The quantitative estimate of drug-likeness (QED) is 0.789. The van der Waals surface area contributed by atoms with Crippen molar-refractivity contribution in [3.05, 3.63) is 40.8 Å². The molecule has 2 rings (SSSR count). The van der Waals surface area contributed by atoms with Crippen LogP contribution in [0.4, 0.5) is 0 Å². The molecule has 0 aliphatic heterocycles. The molecule has 1 aromatic heterocycles. The van der Waals surface area contributed by atoms with Crippen LogP contribution in [0, 0.1) is 13.8 Å². The molecule has 0 atom stereocenters. The molecule has 1 amide bonds. The lowest BCUT2D eigenvalue weighted by molar-refractivity contribution is -0.118. The van der Waals surface area contributed by atoms with Crippen LogP contribution in [-0.2, 0) is 17.1 Å². The van der Waals surface area contributed by atoms with Crippen molar-refractivity contribution in [2.45, 2.75) is 26.1 Å². The zero-order valence-electron chi connectivity index (χ0n) is 14.3. The van der Waals surface area contributed by atoms with Crippen LogP contribution in [-0.4, -0.2) is 31.0 Å². The minimum atomic E-state index is -0.0125. The Morgan fingerprint density at radius 2 is 2.00 bits per heavy atom. The summed E-state index contributed by atoms with van der Waals surface area (Å²) in [6.45, 7) is 4.24. The number of amides is 1. The predicted molar refractivity (Wildman–Crippen MR) is 93.5 cm³/mol. The largest absolute Gasteiger partial charge is 0.493 e. The van der Waals surface area contributed by atoms with E-state index in [1.165, 1.54) is 11.8 Å². The molecule has 2 aromatic rings. The van der Waals surface area contributed by atoms with Crippen molar-refractivity contribution in [2.24, 2.45) is 0 Å². The normalized spacial score (nSPS) is 10.5. The highest BCUT2D eigenvalue weighted by molar-refractivity contribution is 7.99. The van der Waals surface area contributed by atoms with Gasteiger partial charge in [0.2, 0.25) is 5.91 Å². The van der Waals surface area contributed by atoms with Gasteiger partial charge < -0.3 is 19.3 Å². The minimum Gasteiger partial charge on any atom is -0.493 e. The minimum absolute atomic E-state index is 0.0125.